The minimum atomic E-state index is -0.639. The second-order valence-corrected chi connectivity index (χ2v) is 6.18. The highest BCUT2D eigenvalue weighted by Gasteiger charge is 2.18. The Kier molecular flexibility index (Phi) is 7.50. The van der Waals surface area contributed by atoms with Crippen molar-refractivity contribution in [1.29, 1.82) is 0 Å². The molecule has 0 aliphatic heterocycles. The number of carbonyl (C=O) groups excluding carboxylic acids is 2. The van der Waals surface area contributed by atoms with Gasteiger partial charge in [0.25, 0.3) is 11.6 Å². The van der Waals surface area contributed by atoms with Gasteiger partial charge in [0.2, 0.25) is 0 Å². The van der Waals surface area contributed by atoms with E-state index < -0.39 is 23.4 Å². The molecular weight excluding hydrogens is 364 g/mol. The summed E-state index contributed by atoms with van der Waals surface area (Å²) >= 11 is 0. The zero-order chi connectivity index (χ0) is 20.5. The molecule has 0 aliphatic carbocycles. The van der Waals surface area contributed by atoms with Crippen molar-refractivity contribution in [2.24, 2.45) is 0 Å². The number of benzene rings is 2. The third-order valence-electron chi connectivity index (χ3n) is 3.98. The molecule has 8 heteroatoms. The predicted molar refractivity (Wildman–Crippen MR) is 103 cm³/mol. The Labute approximate surface area is 162 Å². The Morgan fingerprint density at radius 3 is 2.46 bits per heavy atom. The molecule has 0 heterocycles. The van der Waals surface area contributed by atoms with Crippen molar-refractivity contribution in [2.75, 3.05) is 18.5 Å². The predicted octanol–water partition coefficient (Wildman–Crippen LogP) is 3.55. The van der Waals surface area contributed by atoms with Crippen molar-refractivity contribution in [1.82, 2.24) is 0 Å². The number of carbonyl (C=O) groups is 2. The minimum Gasteiger partial charge on any atom is -0.494 e. The summed E-state index contributed by atoms with van der Waals surface area (Å²) in [7, 11) is 0. The number of rotatable bonds is 9. The Hall–Kier alpha value is -3.42. The molecule has 1 amide bonds. The standard InChI is InChI=1S/C20H22N2O6/c1-14-11-17(18(22(25)26)12-15(14)2)21-19(23)13-28-20(24)9-6-10-27-16-7-4-3-5-8-16/h3-5,7-8,11-12H,6,9-10,13H2,1-2H3,(H,21,23). The highest BCUT2D eigenvalue weighted by Crippen LogP contribution is 2.27. The van der Waals surface area contributed by atoms with Gasteiger partial charge in [-0.05, 0) is 49.6 Å². The minimum absolute atomic E-state index is 0.0745. The molecule has 0 spiro atoms. The van der Waals surface area contributed by atoms with E-state index in [9.17, 15) is 19.7 Å². The number of nitrogens with one attached hydrogen (secondary N) is 1. The molecule has 0 radical (unpaired) electrons. The molecule has 2 aromatic carbocycles. The maximum absolute atomic E-state index is 12.0. The third-order valence-corrected chi connectivity index (χ3v) is 3.98. The number of anilines is 1. The lowest BCUT2D eigenvalue weighted by Gasteiger charge is -2.09. The van der Waals surface area contributed by atoms with Crippen molar-refractivity contribution < 1.29 is 24.0 Å². The van der Waals surface area contributed by atoms with Gasteiger partial charge in [0.1, 0.15) is 11.4 Å². The van der Waals surface area contributed by atoms with Crippen molar-refractivity contribution in [3.63, 3.8) is 0 Å². The molecular formula is C20H22N2O6. The van der Waals surface area contributed by atoms with Crippen LogP contribution in [0.15, 0.2) is 42.5 Å². The Morgan fingerprint density at radius 1 is 1.11 bits per heavy atom. The number of ether oxygens (including phenoxy) is 2. The first-order chi connectivity index (χ1) is 13.4. The van der Waals surface area contributed by atoms with E-state index in [0.717, 1.165) is 11.1 Å². The van der Waals surface area contributed by atoms with E-state index in [1.165, 1.54) is 12.1 Å². The van der Waals surface area contributed by atoms with Crippen molar-refractivity contribution in [3.05, 3.63) is 63.7 Å². The lowest BCUT2D eigenvalue weighted by Crippen LogP contribution is -2.21. The van der Waals surface area contributed by atoms with Gasteiger partial charge in [-0.25, -0.2) is 0 Å². The van der Waals surface area contributed by atoms with Crippen LogP contribution in [-0.2, 0) is 14.3 Å². The van der Waals surface area contributed by atoms with Crippen LogP contribution in [0.5, 0.6) is 5.75 Å². The molecule has 8 nitrogen and oxygen atoms in total. The Bertz CT molecular complexity index is 851. The van der Waals surface area contributed by atoms with Gasteiger partial charge in [0.15, 0.2) is 6.61 Å². The fourth-order valence-electron chi connectivity index (χ4n) is 2.38. The van der Waals surface area contributed by atoms with Crippen LogP contribution in [0.2, 0.25) is 0 Å². The monoisotopic (exact) mass is 386 g/mol. The van der Waals surface area contributed by atoms with Crippen LogP contribution in [0.3, 0.4) is 0 Å². The van der Waals surface area contributed by atoms with Gasteiger partial charge >= 0.3 is 5.97 Å². The van der Waals surface area contributed by atoms with Crippen molar-refractivity contribution in [3.8, 4) is 5.75 Å². The highest BCUT2D eigenvalue weighted by atomic mass is 16.6. The van der Waals surface area contributed by atoms with Crippen LogP contribution in [0.1, 0.15) is 24.0 Å². The SMILES string of the molecule is Cc1cc(NC(=O)COC(=O)CCCOc2ccccc2)c([N+](=O)[O-])cc1C. The van der Waals surface area contributed by atoms with Gasteiger partial charge in [-0.3, -0.25) is 19.7 Å². The van der Waals surface area contributed by atoms with Gasteiger partial charge < -0.3 is 14.8 Å². The normalized spacial score (nSPS) is 10.2. The molecule has 28 heavy (non-hydrogen) atoms. The second kappa shape index (κ2) is 10.1. The number of aryl methyl sites for hydroxylation is 2. The highest BCUT2D eigenvalue weighted by molar-refractivity contribution is 5.95. The maximum atomic E-state index is 12.0. The molecule has 0 aliphatic rings. The van der Waals surface area contributed by atoms with E-state index in [4.69, 9.17) is 9.47 Å². The average molecular weight is 386 g/mol. The first-order valence-electron chi connectivity index (χ1n) is 8.76. The molecule has 0 unspecified atom stereocenters. The van der Waals surface area contributed by atoms with Crippen LogP contribution in [0.25, 0.3) is 0 Å². The fraction of sp³-hybridized carbons (Fsp3) is 0.300. The van der Waals surface area contributed by atoms with E-state index in [0.29, 0.717) is 18.8 Å². The van der Waals surface area contributed by atoms with Gasteiger partial charge in [-0.2, -0.15) is 0 Å². The van der Waals surface area contributed by atoms with Gasteiger partial charge in [-0.15, -0.1) is 0 Å². The largest absolute Gasteiger partial charge is 0.494 e. The molecule has 148 valence electrons. The number of nitrogens with zero attached hydrogens (tertiary/aromatic N) is 1. The summed E-state index contributed by atoms with van der Waals surface area (Å²) in [5.41, 5.74) is 1.41. The quantitative estimate of drug-likeness (QED) is 0.306. The molecule has 0 saturated heterocycles. The fourth-order valence-corrected chi connectivity index (χ4v) is 2.38. The number of amides is 1. The molecule has 0 saturated carbocycles. The van der Waals surface area contributed by atoms with E-state index in [1.54, 1.807) is 13.8 Å². The third kappa shape index (κ3) is 6.39. The molecule has 2 rings (SSSR count). The summed E-state index contributed by atoms with van der Waals surface area (Å²) < 4.78 is 10.4. The summed E-state index contributed by atoms with van der Waals surface area (Å²) in [4.78, 5) is 34.3. The summed E-state index contributed by atoms with van der Waals surface area (Å²) in [5.74, 6) is -0.466. The number of nitro groups is 1. The zero-order valence-corrected chi connectivity index (χ0v) is 15.8. The van der Waals surface area contributed by atoms with Crippen LogP contribution in [0.4, 0.5) is 11.4 Å². The topological polar surface area (TPSA) is 108 Å². The summed E-state index contributed by atoms with van der Waals surface area (Å²) in [6.07, 6.45) is 0.544. The molecule has 0 atom stereocenters. The Balaban J connectivity index is 1.75. The van der Waals surface area contributed by atoms with E-state index in [2.05, 4.69) is 5.32 Å². The molecule has 1 N–H and O–H groups in total. The molecule has 0 bridgehead atoms. The zero-order valence-electron chi connectivity index (χ0n) is 15.8. The second-order valence-electron chi connectivity index (χ2n) is 6.18. The van der Waals surface area contributed by atoms with Gasteiger partial charge in [0.05, 0.1) is 11.5 Å². The number of nitro benzene ring substituents is 1. The van der Waals surface area contributed by atoms with E-state index in [-0.39, 0.29) is 17.8 Å². The van der Waals surface area contributed by atoms with Crippen molar-refractivity contribution in [2.45, 2.75) is 26.7 Å². The van der Waals surface area contributed by atoms with Crippen LogP contribution < -0.4 is 10.1 Å². The number of hydrogen-bond donors (Lipinski definition) is 1. The maximum Gasteiger partial charge on any atom is 0.306 e. The smallest absolute Gasteiger partial charge is 0.306 e. The van der Waals surface area contributed by atoms with E-state index >= 15 is 0 Å². The molecule has 0 fully saturated rings. The van der Waals surface area contributed by atoms with Crippen LogP contribution in [0, 0.1) is 24.0 Å². The lowest BCUT2D eigenvalue weighted by atomic mass is 10.1. The van der Waals surface area contributed by atoms with Crippen LogP contribution >= 0.6 is 0 Å². The average Bonchev–Trinajstić information content (AvgIpc) is 2.67. The Morgan fingerprint density at radius 2 is 1.79 bits per heavy atom. The summed E-state index contributed by atoms with van der Waals surface area (Å²) in [6.45, 7) is 3.37. The number of para-hydroxylation sites is 1. The molecule has 0 aromatic heterocycles. The van der Waals surface area contributed by atoms with Crippen molar-refractivity contribution >= 4 is 23.3 Å². The number of hydrogen-bond acceptors (Lipinski definition) is 6. The first-order valence-corrected chi connectivity index (χ1v) is 8.76. The summed E-state index contributed by atoms with van der Waals surface area (Å²) in [6, 6.07) is 12.1. The summed E-state index contributed by atoms with van der Waals surface area (Å²) in [5, 5.41) is 13.6. The lowest BCUT2D eigenvalue weighted by molar-refractivity contribution is -0.384. The first kappa shape index (κ1) is 20.9. The van der Waals surface area contributed by atoms with Crippen LogP contribution in [-0.4, -0.2) is 30.0 Å². The molecule has 2 aromatic rings. The number of esters is 1. The van der Waals surface area contributed by atoms with Gasteiger partial charge in [0, 0.05) is 12.5 Å². The van der Waals surface area contributed by atoms with Gasteiger partial charge in [-0.1, -0.05) is 18.2 Å². The van der Waals surface area contributed by atoms with E-state index in [1.807, 2.05) is 30.3 Å².